The maximum absolute atomic E-state index is 10.9. The molecule has 0 atom stereocenters. The van der Waals surface area contributed by atoms with Gasteiger partial charge in [0, 0.05) is 31.9 Å². The third kappa shape index (κ3) is 3.03. The molecule has 0 amide bonds. The van der Waals surface area contributed by atoms with E-state index < -0.39 is 4.92 Å². The van der Waals surface area contributed by atoms with Crippen LogP contribution in [0.4, 0.5) is 11.5 Å². The van der Waals surface area contributed by atoms with Crippen LogP contribution in [0.1, 0.15) is 0 Å². The zero-order valence-electron chi connectivity index (χ0n) is 11.6. The van der Waals surface area contributed by atoms with Crippen molar-refractivity contribution in [3.05, 3.63) is 52.7 Å². The fraction of sp³-hybridized carbons (Fsp3) is 0.357. The molecule has 0 spiro atoms. The van der Waals surface area contributed by atoms with E-state index in [1.807, 2.05) is 18.2 Å². The van der Waals surface area contributed by atoms with Gasteiger partial charge in [-0.25, -0.2) is 0 Å². The molecule has 0 radical (unpaired) electrons. The average Bonchev–Trinajstić information content (AvgIpc) is 2.97. The number of aromatic nitrogens is 2. The third-order valence-electron chi connectivity index (χ3n) is 3.71. The molecule has 1 saturated heterocycles. The third-order valence-corrected chi connectivity index (χ3v) is 3.71. The Hall–Kier alpha value is -2.41. The standard InChI is InChI=1S/C14H17N5O2/c20-19(21)14-6-7-15-18(14)12-16-8-10-17(11-9-16)13-4-2-1-3-5-13/h1-7H,8-12H2. The molecule has 7 nitrogen and oxygen atoms in total. The Labute approximate surface area is 122 Å². The lowest BCUT2D eigenvalue weighted by Crippen LogP contribution is -2.47. The summed E-state index contributed by atoms with van der Waals surface area (Å²) in [5.41, 5.74) is 1.22. The summed E-state index contributed by atoms with van der Waals surface area (Å²) in [6, 6.07) is 11.7. The molecule has 1 aliphatic heterocycles. The molecule has 0 bridgehead atoms. The van der Waals surface area contributed by atoms with Crippen molar-refractivity contribution in [2.24, 2.45) is 0 Å². The van der Waals surface area contributed by atoms with E-state index in [0.717, 1.165) is 26.2 Å². The Morgan fingerprint density at radius 2 is 1.81 bits per heavy atom. The van der Waals surface area contributed by atoms with Crippen LogP contribution < -0.4 is 4.90 Å². The molecular formula is C14H17N5O2. The van der Waals surface area contributed by atoms with Gasteiger partial charge in [-0.3, -0.25) is 4.90 Å². The molecule has 0 unspecified atom stereocenters. The van der Waals surface area contributed by atoms with Gasteiger partial charge >= 0.3 is 5.82 Å². The van der Waals surface area contributed by atoms with Gasteiger partial charge in [-0.15, -0.1) is 4.68 Å². The topological polar surface area (TPSA) is 67.4 Å². The molecule has 0 N–H and O–H groups in total. The Morgan fingerprint density at radius 1 is 1.10 bits per heavy atom. The van der Waals surface area contributed by atoms with Crippen molar-refractivity contribution in [1.29, 1.82) is 0 Å². The predicted molar refractivity (Wildman–Crippen MR) is 79.1 cm³/mol. The highest BCUT2D eigenvalue weighted by atomic mass is 16.6. The smallest absolute Gasteiger partial charge is 0.346 e. The molecule has 1 aliphatic rings. The van der Waals surface area contributed by atoms with Crippen LogP contribution >= 0.6 is 0 Å². The van der Waals surface area contributed by atoms with Crippen LogP contribution in [-0.2, 0) is 6.67 Å². The molecule has 3 rings (SSSR count). The monoisotopic (exact) mass is 287 g/mol. The number of rotatable bonds is 4. The Bertz CT molecular complexity index is 605. The number of anilines is 1. The van der Waals surface area contributed by atoms with Gasteiger partial charge in [0.25, 0.3) is 0 Å². The van der Waals surface area contributed by atoms with Crippen LogP contribution in [0.15, 0.2) is 42.6 Å². The second kappa shape index (κ2) is 5.92. The first kappa shape index (κ1) is 13.6. The highest BCUT2D eigenvalue weighted by Crippen LogP contribution is 2.17. The molecule has 0 aliphatic carbocycles. The molecule has 7 heteroatoms. The van der Waals surface area contributed by atoms with Crippen molar-refractivity contribution in [2.45, 2.75) is 6.67 Å². The van der Waals surface area contributed by atoms with E-state index >= 15 is 0 Å². The summed E-state index contributed by atoms with van der Waals surface area (Å²) < 4.78 is 1.44. The van der Waals surface area contributed by atoms with Crippen LogP contribution in [0.3, 0.4) is 0 Å². The van der Waals surface area contributed by atoms with E-state index in [2.05, 4.69) is 27.0 Å². The summed E-state index contributed by atoms with van der Waals surface area (Å²) in [6.45, 7) is 4.03. The summed E-state index contributed by atoms with van der Waals surface area (Å²) in [7, 11) is 0. The SMILES string of the molecule is O=[N+]([O-])c1ccnn1CN1CCN(c2ccccc2)CC1. The van der Waals surface area contributed by atoms with Gasteiger partial charge in [-0.1, -0.05) is 23.3 Å². The van der Waals surface area contributed by atoms with Crippen LogP contribution in [0.25, 0.3) is 0 Å². The lowest BCUT2D eigenvalue weighted by molar-refractivity contribution is -0.393. The number of hydrogen-bond acceptors (Lipinski definition) is 5. The predicted octanol–water partition coefficient (Wildman–Crippen LogP) is 1.57. The first-order valence-electron chi connectivity index (χ1n) is 6.92. The summed E-state index contributed by atoms with van der Waals surface area (Å²) in [5.74, 6) is 0.0421. The second-order valence-corrected chi connectivity index (χ2v) is 5.03. The van der Waals surface area contributed by atoms with Gasteiger partial charge in [0.2, 0.25) is 0 Å². The zero-order chi connectivity index (χ0) is 14.7. The van der Waals surface area contributed by atoms with Gasteiger partial charge in [0.15, 0.2) is 6.67 Å². The van der Waals surface area contributed by atoms with Crippen LogP contribution in [-0.4, -0.2) is 45.8 Å². The van der Waals surface area contributed by atoms with Gasteiger partial charge in [0.05, 0.1) is 12.3 Å². The summed E-state index contributed by atoms with van der Waals surface area (Å²) >= 11 is 0. The van der Waals surface area contributed by atoms with Crippen LogP contribution in [0, 0.1) is 10.1 Å². The minimum Gasteiger partial charge on any atom is -0.369 e. The van der Waals surface area contributed by atoms with E-state index in [4.69, 9.17) is 0 Å². The minimum atomic E-state index is -0.396. The molecule has 1 fully saturated rings. The van der Waals surface area contributed by atoms with Crippen molar-refractivity contribution in [3.8, 4) is 0 Å². The molecule has 0 saturated carbocycles. The molecule has 1 aromatic heterocycles. The molecule has 2 heterocycles. The number of hydrogen-bond donors (Lipinski definition) is 0. The number of piperazine rings is 1. The number of nitro groups is 1. The fourth-order valence-corrected chi connectivity index (χ4v) is 2.57. The van der Waals surface area contributed by atoms with Gasteiger partial charge in [-0.2, -0.15) is 0 Å². The lowest BCUT2D eigenvalue weighted by Gasteiger charge is -2.34. The van der Waals surface area contributed by atoms with Gasteiger partial charge in [0.1, 0.15) is 0 Å². The van der Waals surface area contributed by atoms with E-state index in [-0.39, 0.29) is 5.82 Å². The van der Waals surface area contributed by atoms with Crippen molar-refractivity contribution in [3.63, 3.8) is 0 Å². The quantitative estimate of drug-likeness (QED) is 0.631. The van der Waals surface area contributed by atoms with Crippen LogP contribution in [0.5, 0.6) is 0 Å². The van der Waals surface area contributed by atoms with Gasteiger partial charge in [-0.05, 0) is 17.1 Å². The summed E-state index contributed by atoms with van der Waals surface area (Å²) in [6.07, 6.45) is 1.47. The largest absolute Gasteiger partial charge is 0.369 e. The van der Waals surface area contributed by atoms with E-state index in [1.54, 1.807) is 0 Å². The van der Waals surface area contributed by atoms with E-state index in [9.17, 15) is 10.1 Å². The van der Waals surface area contributed by atoms with Crippen molar-refractivity contribution in [2.75, 3.05) is 31.1 Å². The maximum atomic E-state index is 10.9. The van der Waals surface area contributed by atoms with Crippen molar-refractivity contribution < 1.29 is 4.92 Å². The van der Waals surface area contributed by atoms with E-state index in [1.165, 1.54) is 22.6 Å². The normalized spacial score (nSPS) is 16.1. The van der Waals surface area contributed by atoms with Crippen molar-refractivity contribution in [1.82, 2.24) is 14.7 Å². The number of para-hydroxylation sites is 1. The molecular weight excluding hydrogens is 270 g/mol. The average molecular weight is 287 g/mol. The minimum absolute atomic E-state index is 0.0421. The van der Waals surface area contributed by atoms with Crippen LogP contribution in [0.2, 0.25) is 0 Å². The first-order valence-corrected chi connectivity index (χ1v) is 6.92. The number of benzene rings is 1. The Balaban J connectivity index is 1.59. The maximum Gasteiger partial charge on any atom is 0.346 e. The summed E-state index contributed by atoms with van der Waals surface area (Å²) in [5, 5.41) is 14.9. The highest BCUT2D eigenvalue weighted by Gasteiger charge is 2.21. The molecule has 1 aromatic carbocycles. The molecule has 2 aromatic rings. The molecule has 21 heavy (non-hydrogen) atoms. The molecule has 110 valence electrons. The highest BCUT2D eigenvalue weighted by molar-refractivity contribution is 5.46. The Morgan fingerprint density at radius 3 is 2.48 bits per heavy atom. The Kier molecular flexibility index (Phi) is 3.83. The van der Waals surface area contributed by atoms with Gasteiger partial charge < -0.3 is 15.0 Å². The lowest BCUT2D eigenvalue weighted by atomic mass is 10.2. The number of nitrogens with zero attached hydrogens (tertiary/aromatic N) is 5. The zero-order valence-corrected chi connectivity index (χ0v) is 11.6. The first-order chi connectivity index (χ1) is 10.2. The second-order valence-electron chi connectivity index (χ2n) is 5.03. The summed E-state index contributed by atoms with van der Waals surface area (Å²) in [4.78, 5) is 15.0. The van der Waals surface area contributed by atoms with E-state index in [0.29, 0.717) is 6.67 Å². The van der Waals surface area contributed by atoms with Crippen molar-refractivity contribution >= 4 is 11.5 Å². The fourth-order valence-electron chi connectivity index (χ4n) is 2.57.